The molecule has 0 aliphatic heterocycles. The van der Waals surface area contributed by atoms with Crippen LogP contribution in [0.4, 0.5) is 17.2 Å². The topological polar surface area (TPSA) is 114 Å². The number of hydrogen-bond acceptors (Lipinski definition) is 6. The first-order valence-electron chi connectivity index (χ1n) is 9.23. The van der Waals surface area contributed by atoms with Gasteiger partial charge in [-0.25, -0.2) is 18.4 Å². The van der Waals surface area contributed by atoms with E-state index in [4.69, 9.17) is 5.73 Å². The number of sulfone groups is 1. The molecule has 0 spiro atoms. The third-order valence-corrected chi connectivity index (χ3v) is 6.41. The average molecular weight is 407 g/mol. The summed E-state index contributed by atoms with van der Waals surface area (Å²) in [6.45, 7) is 1.63. The molecule has 2 aromatic heterocycles. The number of fused-ring (bicyclic) bond motifs is 1. The van der Waals surface area contributed by atoms with Crippen LogP contribution < -0.4 is 11.1 Å². The highest BCUT2D eigenvalue weighted by Gasteiger charge is 2.18. The zero-order valence-electron chi connectivity index (χ0n) is 15.9. The number of aromatic amines is 1. The predicted molar refractivity (Wildman–Crippen MR) is 115 cm³/mol. The van der Waals surface area contributed by atoms with Gasteiger partial charge in [-0.2, -0.15) is 0 Å². The number of rotatable bonds is 6. The molecular formula is C21H21N5O2S. The summed E-state index contributed by atoms with van der Waals surface area (Å²) in [5.74, 6) is 1.16. The van der Waals surface area contributed by atoms with E-state index in [1.807, 2.05) is 30.3 Å². The number of nitrogen functional groups attached to an aromatic ring is 1. The first-order valence-corrected chi connectivity index (χ1v) is 10.9. The Balaban J connectivity index is 1.76. The quantitative estimate of drug-likeness (QED) is 0.420. The Kier molecular flexibility index (Phi) is 4.94. The van der Waals surface area contributed by atoms with E-state index in [-0.39, 0.29) is 10.6 Å². The number of nitrogens with zero attached hydrogens (tertiary/aromatic N) is 2. The SMILES string of the molecule is CCS(=O)(=O)c1ccccc1Nc1nc(Cc2cccc(N)c2)nc2cc[nH]c12. The van der Waals surface area contributed by atoms with Gasteiger partial charge in [-0.05, 0) is 35.9 Å². The van der Waals surface area contributed by atoms with Crippen molar-refractivity contribution in [3.05, 3.63) is 72.2 Å². The number of para-hydroxylation sites is 1. The van der Waals surface area contributed by atoms with Crippen LogP contribution in [0.1, 0.15) is 18.3 Å². The lowest BCUT2D eigenvalue weighted by molar-refractivity contribution is 0.597. The van der Waals surface area contributed by atoms with Gasteiger partial charge < -0.3 is 16.0 Å². The van der Waals surface area contributed by atoms with Gasteiger partial charge in [0.05, 0.1) is 21.9 Å². The van der Waals surface area contributed by atoms with Crippen molar-refractivity contribution in [2.75, 3.05) is 16.8 Å². The van der Waals surface area contributed by atoms with E-state index in [0.29, 0.717) is 35.0 Å². The molecule has 0 fully saturated rings. The van der Waals surface area contributed by atoms with Gasteiger partial charge in [0.25, 0.3) is 0 Å². The van der Waals surface area contributed by atoms with Crippen molar-refractivity contribution in [2.24, 2.45) is 0 Å². The van der Waals surface area contributed by atoms with Gasteiger partial charge in [-0.15, -0.1) is 0 Å². The van der Waals surface area contributed by atoms with Crippen LogP contribution in [-0.2, 0) is 16.3 Å². The third kappa shape index (κ3) is 3.93. The molecule has 148 valence electrons. The molecule has 0 radical (unpaired) electrons. The van der Waals surface area contributed by atoms with Crippen molar-refractivity contribution in [2.45, 2.75) is 18.2 Å². The number of hydrogen-bond donors (Lipinski definition) is 3. The molecule has 0 aliphatic rings. The molecule has 4 N–H and O–H groups in total. The highest BCUT2D eigenvalue weighted by atomic mass is 32.2. The van der Waals surface area contributed by atoms with Crippen molar-refractivity contribution in [3.63, 3.8) is 0 Å². The van der Waals surface area contributed by atoms with E-state index in [1.54, 1.807) is 37.4 Å². The fourth-order valence-corrected chi connectivity index (χ4v) is 4.22. The number of aromatic nitrogens is 3. The predicted octanol–water partition coefficient (Wildman–Crippen LogP) is 3.67. The lowest BCUT2D eigenvalue weighted by Crippen LogP contribution is -2.08. The maximum absolute atomic E-state index is 12.5. The van der Waals surface area contributed by atoms with E-state index < -0.39 is 9.84 Å². The van der Waals surface area contributed by atoms with E-state index in [1.165, 1.54) is 0 Å². The zero-order chi connectivity index (χ0) is 20.4. The number of nitrogens with two attached hydrogens (primary N) is 1. The van der Waals surface area contributed by atoms with Crippen LogP contribution in [0.5, 0.6) is 0 Å². The molecule has 4 aromatic rings. The Bertz CT molecular complexity index is 1280. The van der Waals surface area contributed by atoms with Gasteiger partial charge in [0.1, 0.15) is 11.3 Å². The monoisotopic (exact) mass is 407 g/mol. The maximum atomic E-state index is 12.5. The minimum absolute atomic E-state index is 0.0219. The van der Waals surface area contributed by atoms with E-state index in [9.17, 15) is 8.42 Å². The standard InChI is InChI=1S/C21H21N5O2S/c1-2-29(27,28)18-9-4-3-8-16(18)25-21-20-17(10-11-23-20)24-19(26-21)13-14-6-5-7-15(22)12-14/h3-12,23H,2,13,22H2,1H3,(H,24,25,26). The minimum Gasteiger partial charge on any atom is -0.399 e. The Morgan fingerprint density at radius 2 is 1.90 bits per heavy atom. The highest BCUT2D eigenvalue weighted by molar-refractivity contribution is 7.91. The summed E-state index contributed by atoms with van der Waals surface area (Å²) in [5, 5.41) is 3.19. The Morgan fingerprint density at radius 3 is 2.69 bits per heavy atom. The second kappa shape index (κ2) is 7.56. The molecule has 7 nitrogen and oxygen atoms in total. The number of H-pyrrole nitrogens is 1. The van der Waals surface area contributed by atoms with Crippen LogP contribution >= 0.6 is 0 Å². The van der Waals surface area contributed by atoms with Crippen LogP contribution in [0.2, 0.25) is 0 Å². The molecule has 29 heavy (non-hydrogen) atoms. The summed E-state index contributed by atoms with van der Waals surface area (Å²) in [5.41, 5.74) is 9.50. The summed E-state index contributed by atoms with van der Waals surface area (Å²) in [6.07, 6.45) is 2.29. The highest BCUT2D eigenvalue weighted by Crippen LogP contribution is 2.28. The normalized spacial score (nSPS) is 11.6. The second-order valence-electron chi connectivity index (χ2n) is 6.67. The molecule has 0 atom stereocenters. The molecule has 8 heteroatoms. The molecule has 0 aliphatic carbocycles. The van der Waals surface area contributed by atoms with Gasteiger partial charge in [0.2, 0.25) is 0 Å². The van der Waals surface area contributed by atoms with Gasteiger partial charge in [-0.3, -0.25) is 0 Å². The number of benzene rings is 2. The Morgan fingerprint density at radius 1 is 1.07 bits per heavy atom. The first kappa shape index (κ1) is 18.9. The van der Waals surface area contributed by atoms with E-state index >= 15 is 0 Å². The molecule has 4 rings (SSSR count). The summed E-state index contributed by atoms with van der Waals surface area (Å²) >= 11 is 0. The smallest absolute Gasteiger partial charge is 0.180 e. The summed E-state index contributed by atoms with van der Waals surface area (Å²) in [4.78, 5) is 12.6. The summed E-state index contributed by atoms with van der Waals surface area (Å²) in [6, 6.07) is 16.3. The van der Waals surface area contributed by atoms with Crippen molar-refractivity contribution in [1.29, 1.82) is 0 Å². The van der Waals surface area contributed by atoms with E-state index in [0.717, 1.165) is 11.1 Å². The lowest BCUT2D eigenvalue weighted by atomic mass is 10.1. The van der Waals surface area contributed by atoms with Crippen LogP contribution in [0.15, 0.2) is 65.7 Å². The summed E-state index contributed by atoms with van der Waals surface area (Å²) < 4.78 is 24.9. The second-order valence-corrected chi connectivity index (χ2v) is 8.92. The van der Waals surface area contributed by atoms with Crippen LogP contribution in [-0.4, -0.2) is 29.1 Å². The van der Waals surface area contributed by atoms with Crippen LogP contribution in [0.25, 0.3) is 11.0 Å². The first-order chi connectivity index (χ1) is 14.0. The largest absolute Gasteiger partial charge is 0.399 e. The van der Waals surface area contributed by atoms with E-state index in [2.05, 4.69) is 20.3 Å². The fourth-order valence-electron chi connectivity index (χ4n) is 3.17. The van der Waals surface area contributed by atoms with Gasteiger partial charge in [-0.1, -0.05) is 31.2 Å². The molecule has 0 saturated carbocycles. The summed E-state index contributed by atoms with van der Waals surface area (Å²) in [7, 11) is -3.38. The van der Waals surface area contributed by atoms with Crippen LogP contribution in [0.3, 0.4) is 0 Å². The number of nitrogens with one attached hydrogen (secondary N) is 2. The van der Waals surface area contributed by atoms with Crippen molar-refractivity contribution >= 4 is 38.1 Å². The molecule has 0 unspecified atom stereocenters. The average Bonchev–Trinajstić information content (AvgIpc) is 3.17. The molecule has 0 saturated heterocycles. The molecule has 0 amide bonds. The Hall–Kier alpha value is -3.39. The molecular weight excluding hydrogens is 386 g/mol. The zero-order valence-corrected chi connectivity index (χ0v) is 16.7. The van der Waals surface area contributed by atoms with Crippen molar-refractivity contribution in [3.8, 4) is 0 Å². The lowest BCUT2D eigenvalue weighted by Gasteiger charge is -2.13. The van der Waals surface area contributed by atoms with Crippen molar-refractivity contribution in [1.82, 2.24) is 15.0 Å². The molecule has 2 heterocycles. The Labute approximate surface area is 168 Å². The fraction of sp³-hybridized carbons (Fsp3) is 0.143. The van der Waals surface area contributed by atoms with Gasteiger partial charge in [0, 0.05) is 18.3 Å². The van der Waals surface area contributed by atoms with Crippen molar-refractivity contribution < 1.29 is 8.42 Å². The molecule has 2 aromatic carbocycles. The maximum Gasteiger partial charge on any atom is 0.180 e. The minimum atomic E-state index is -3.38. The third-order valence-electron chi connectivity index (χ3n) is 4.62. The van der Waals surface area contributed by atoms with Gasteiger partial charge in [0.15, 0.2) is 15.7 Å². The van der Waals surface area contributed by atoms with Gasteiger partial charge >= 0.3 is 0 Å². The molecule has 0 bridgehead atoms. The van der Waals surface area contributed by atoms with Crippen LogP contribution in [0, 0.1) is 0 Å². The number of anilines is 3.